The molecule has 0 saturated carbocycles. The first-order chi connectivity index (χ1) is 12.1. The van der Waals surface area contributed by atoms with E-state index in [9.17, 15) is 4.79 Å². The van der Waals surface area contributed by atoms with Crippen molar-refractivity contribution in [3.8, 4) is 11.5 Å². The molecule has 0 bridgehead atoms. The Labute approximate surface area is 153 Å². The minimum Gasteiger partial charge on any atom is -0.497 e. The van der Waals surface area contributed by atoms with Crippen molar-refractivity contribution in [2.75, 3.05) is 13.7 Å². The molecule has 0 aliphatic rings. The van der Waals surface area contributed by atoms with Gasteiger partial charge in [-0.1, -0.05) is 30.3 Å². The van der Waals surface area contributed by atoms with Gasteiger partial charge in [0, 0.05) is 5.75 Å². The lowest BCUT2D eigenvalue weighted by Crippen LogP contribution is -2.40. The number of ether oxygens (including phenoxy) is 2. The van der Waals surface area contributed by atoms with E-state index in [1.165, 1.54) is 5.56 Å². The second kappa shape index (κ2) is 9.99. The Bertz CT molecular complexity index is 646. The van der Waals surface area contributed by atoms with Crippen molar-refractivity contribution in [3.05, 3.63) is 60.2 Å². The van der Waals surface area contributed by atoms with Crippen molar-refractivity contribution in [3.63, 3.8) is 0 Å². The van der Waals surface area contributed by atoms with Crippen LogP contribution in [0.2, 0.25) is 0 Å². The molecule has 4 nitrogen and oxygen atoms in total. The van der Waals surface area contributed by atoms with Crippen LogP contribution in [0.15, 0.2) is 54.6 Å². The number of amides is 1. The first kappa shape index (κ1) is 19.2. The summed E-state index contributed by atoms with van der Waals surface area (Å²) in [6, 6.07) is 17.5. The Balaban J connectivity index is 1.71. The Morgan fingerprint density at radius 2 is 1.68 bits per heavy atom. The van der Waals surface area contributed by atoms with E-state index in [0.29, 0.717) is 6.61 Å². The Morgan fingerprint density at radius 1 is 1.04 bits per heavy atom. The minimum atomic E-state index is -0.108. The molecule has 0 unspecified atom stereocenters. The lowest BCUT2D eigenvalue weighted by atomic mass is 10.2. The topological polar surface area (TPSA) is 47.6 Å². The van der Waals surface area contributed by atoms with E-state index >= 15 is 0 Å². The van der Waals surface area contributed by atoms with Crippen LogP contribution in [0, 0.1) is 0 Å². The lowest BCUT2D eigenvalue weighted by molar-refractivity contribution is -0.121. The largest absolute Gasteiger partial charge is 0.497 e. The summed E-state index contributed by atoms with van der Waals surface area (Å²) in [6.07, 6.45) is 0. The minimum absolute atomic E-state index is 0.0340. The number of carbonyl (C=O) groups excluding carboxylic acids is 1. The van der Waals surface area contributed by atoms with Crippen LogP contribution in [-0.2, 0) is 10.5 Å². The van der Waals surface area contributed by atoms with Crippen LogP contribution in [0.3, 0.4) is 0 Å². The molecule has 1 amide bonds. The predicted octanol–water partition coefficient (Wildman–Crippen LogP) is 3.90. The molecule has 0 radical (unpaired) electrons. The summed E-state index contributed by atoms with van der Waals surface area (Å²) < 4.78 is 10.8. The molecule has 0 fully saturated rings. The molecule has 2 rings (SSSR count). The molecule has 5 heteroatoms. The van der Waals surface area contributed by atoms with Crippen LogP contribution in [-0.4, -0.2) is 30.9 Å². The Kier molecular flexibility index (Phi) is 7.67. The summed E-state index contributed by atoms with van der Waals surface area (Å²) in [7, 11) is 1.63. The molecule has 0 aromatic heterocycles. The molecule has 0 spiro atoms. The predicted molar refractivity (Wildman–Crippen MR) is 103 cm³/mol. The summed E-state index contributed by atoms with van der Waals surface area (Å²) >= 11 is 1.63. The maximum Gasteiger partial charge on any atom is 0.233 e. The zero-order valence-corrected chi connectivity index (χ0v) is 15.7. The zero-order valence-electron chi connectivity index (χ0n) is 14.9. The number of hydrogen-bond acceptors (Lipinski definition) is 4. The highest BCUT2D eigenvalue weighted by molar-refractivity contribution is 7.99. The van der Waals surface area contributed by atoms with Gasteiger partial charge in [0.1, 0.15) is 18.1 Å². The van der Waals surface area contributed by atoms with E-state index in [1.54, 1.807) is 18.9 Å². The van der Waals surface area contributed by atoms with Gasteiger partial charge in [0.2, 0.25) is 5.91 Å². The van der Waals surface area contributed by atoms with Crippen LogP contribution in [0.25, 0.3) is 0 Å². The molecular formula is C20H25NO3S. The van der Waals surface area contributed by atoms with Gasteiger partial charge in [0.05, 0.1) is 18.4 Å². The molecule has 0 heterocycles. The van der Waals surface area contributed by atoms with Crippen LogP contribution in [0.1, 0.15) is 19.4 Å². The van der Waals surface area contributed by atoms with Crippen molar-refractivity contribution in [1.82, 2.24) is 5.32 Å². The normalized spacial score (nSPS) is 12.9. The summed E-state index contributed by atoms with van der Waals surface area (Å²) in [5, 5.41) is 2.89. The van der Waals surface area contributed by atoms with Crippen LogP contribution < -0.4 is 14.8 Å². The van der Waals surface area contributed by atoms with E-state index in [-0.39, 0.29) is 17.2 Å². The molecule has 25 heavy (non-hydrogen) atoms. The quantitative estimate of drug-likeness (QED) is 0.738. The van der Waals surface area contributed by atoms with Crippen molar-refractivity contribution < 1.29 is 14.3 Å². The fourth-order valence-electron chi connectivity index (χ4n) is 2.17. The monoisotopic (exact) mass is 359 g/mol. The number of hydrogen-bond donors (Lipinski definition) is 1. The molecule has 2 aromatic rings. The van der Waals surface area contributed by atoms with E-state index in [2.05, 4.69) is 17.4 Å². The summed E-state index contributed by atoms with van der Waals surface area (Å²) in [5.41, 5.74) is 1.23. The van der Waals surface area contributed by atoms with Crippen molar-refractivity contribution in [2.45, 2.75) is 30.9 Å². The van der Waals surface area contributed by atoms with Crippen LogP contribution >= 0.6 is 11.8 Å². The second-order valence-corrected chi connectivity index (χ2v) is 7.16. The average Bonchev–Trinajstić information content (AvgIpc) is 2.65. The number of nitrogens with one attached hydrogen (secondary N) is 1. The van der Waals surface area contributed by atoms with E-state index in [0.717, 1.165) is 17.3 Å². The van der Waals surface area contributed by atoms with Crippen molar-refractivity contribution in [2.24, 2.45) is 0 Å². The van der Waals surface area contributed by atoms with Gasteiger partial charge < -0.3 is 14.8 Å². The molecule has 134 valence electrons. The van der Waals surface area contributed by atoms with Gasteiger partial charge in [-0.3, -0.25) is 4.79 Å². The van der Waals surface area contributed by atoms with Gasteiger partial charge in [-0.15, -0.1) is 11.8 Å². The van der Waals surface area contributed by atoms with Gasteiger partial charge in [0.15, 0.2) is 0 Å². The van der Waals surface area contributed by atoms with Gasteiger partial charge in [0.25, 0.3) is 0 Å². The van der Waals surface area contributed by atoms with Crippen LogP contribution in [0.5, 0.6) is 11.5 Å². The molecule has 0 aliphatic carbocycles. The highest BCUT2D eigenvalue weighted by Gasteiger charge is 2.16. The Hall–Kier alpha value is -2.14. The third kappa shape index (κ3) is 6.70. The first-order valence-electron chi connectivity index (χ1n) is 8.31. The van der Waals surface area contributed by atoms with E-state index in [4.69, 9.17) is 9.47 Å². The SMILES string of the molecule is COc1ccc(OC[C@H](C)NC(=O)[C@H](C)SCc2ccccc2)cc1. The Morgan fingerprint density at radius 3 is 2.32 bits per heavy atom. The summed E-state index contributed by atoms with van der Waals surface area (Å²) in [5.74, 6) is 2.41. The highest BCUT2D eigenvalue weighted by Crippen LogP contribution is 2.18. The molecule has 1 N–H and O–H groups in total. The van der Waals surface area contributed by atoms with Gasteiger partial charge in [-0.2, -0.15) is 0 Å². The standard InChI is InChI=1S/C20H25NO3S/c1-15(13-24-19-11-9-18(23-3)10-12-19)21-20(22)16(2)25-14-17-7-5-4-6-8-17/h4-12,15-16H,13-14H2,1-3H3,(H,21,22)/t15-,16-/m0/s1. The second-order valence-electron chi connectivity index (χ2n) is 5.84. The molecular weight excluding hydrogens is 334 g/mol. The zero-order chi connectivity index (χ0) is 18.1. The van der Waals surface area contributed by atoms with Gasteiger partial charge in [-0.05, 0) is 43.7 Å². The van der Waals surface area contributed by atoms with Crippen LogP contribution in [0.4, 0.5) is 0 Å². The third-order valence-corrected chi connectivity index (χ3v) is 4.87. The van der Waals surface area contributed by atoms with E-state index in [1.807, 2.05) is 56.3 Å². The molecule has 2 aromatic carbocycles. The maximum absolute atomic E-state index is 12.3. The molecule has 0 aliphatic heterocycles. The van der Waals surface area contributed by atoms with E-state index < -0.39 is 0 Å². The third-order valence-electron chi connectivity index (χ3n) is 3.66. The number of methoxy groups -OCH3 is 1. The number of rotatable bonds is 9. The lowest BCUT2D eigenvalue weighted by Gasteiger charge is -2.18. The molecule has 0 saturated heterocycles. The smallest absolute Gasteiger partial charge is 0.233 e. The summed E-state index contributed by atoms with van der Waals surface area (Å²) in [6.45, 7) is 4.30. The number of thioether (sulfide) groups is 1. The van der Waals surface area contributed by atoms with Gasteiger partial charge >= 0.3 is 0 Å². The highest BCUT2D eigenvalue weighted by atomic mass is 32.2. The number of benzene rings is 2. The first-order valence-corrected chi connectivity index (χ1v) is 9.36. The number of carbonyl (C=O) groups is 1. The fraction of sp³-hybridized carbons (Fsp3) is 0.350. The van der Waals surface area contributed by atoms with Crippen molar-refractivity contribution >= 4 is 17.7 Å². The summed E-state index contributed by atoms with van der Waals surface area (Å²) in [4.78, 5) is 12.3. The molecule has 2 atom stereocenters. The van der Waals surface area contributed by atoms with Gasteiger partial charge in [-0.25, -0.2) is 0 Å². The maximum atomic E-state index is 12.3. The van der Waals surface area contributed by atoms with Crippen molar-refractivity contribution in [1.29, 1.82) is 0 Å². The average molecular weight is 359 g/mol. The fourth-order valence-corrected chi connectivity index (χ4v) is 3.02.